The van der Waals surface area contributed by atoms with Gasteiger partial charge in [-0.1, -0.05) is 5.16 Å². The van der Waals surface area contributed by atoms with Crippen molar-refractivity contribution in [2.24, 2.45) is 0 Å². The molecule has 2 aliphatic rings. The van der Waals surface area contributed by atoms with Crippen LogP contribution in [0.3, 0.4) is 0 Å². The molecular formula is C21H22N2O5. The van der Waals surface area contributed by atoms with Crippen molar-refractivity contribution in [3.8, 4) is 17.1 Å². The number of rotatable bonds is 5. The summed E-state index contributed by atoms with van der Waals surface area (Å²) >= 11 is 0. The minimum atomic E-state index is -0.372. The van der Waals surface area contributed by atoms with Crippen molar-refractivity contribution in [2.75, 3.05) is 7.11 Å². The fourth-order valence-electron chi connectivity index (χ4n) is 3.97. The number of hydrogen-bond acceptors (Lipinski definition) is 6. The van der Waals surface area contributed by atoms with Crippen LogP contribution in [-0.4, -0.2) is 29.2 Å². The minimum Gasteiger partial charge on any atom is -0.508 e. The third-order valence-corrected chi connectivity index (χ3v) is 5.38. The Morgan fingerprint density at radius 1 is 1.25 bits per heavy atom. The van der Waals surface area contributed by atoms with Gasteiger partial charge >= 0.3 is 5.97 Å². The fourth-order valence-corrected chi connectivity index (χ4v) is 3.97. The topological polar surface area (TPSA) is 102 Å². The second kappa shape index (κ2) is 7.50. The first kappa shape index (κ1) is 18.3. The van der Waals surface area contributed by atoms with Gasteiger partial charge in [-0.25, -0.2) is 4.79 Å². The maximum atomic E-state index is 12.4. The average Bonchev–Trinajstić information content (AvgIpc) is 3.32. The van der Waals surface area contributed by atoms with Crippen molar-refractivity contribution < 1.29 is 24.0 Å². The third kappa shape index (κ3) is 3.40. The molecular weight excluding hydrogens is 360 g/mol. The molecule has 0 unspecified atom stereocenters. The quantitative estimate of drug-likeness (QED) is 0.771. The predicted molar refractivity (Wildman–Crippen MR) is 100 cm³/mol. The van der Waals surface area contributed by atoms with Crippen LogP contribution in [0.25, 0.3) is 11.3 Å². The molecule has 0 fully saturated rings. The third-order valence-electron chi connectivity index (χ3n) is 5.38. The van der Waals surface area contributed by atoms with Crippen LogP contribution < -0.4 is 5.32 Å². The molecule has 2 N–H and O–H groups in total. The number of carbonyl (C=O) groups excluding carboxylic acids is 2. The Labute approximate surface area is 162 Å². The Bertz CT molecular complexity index is 973. The summed E-state index contributed by atoms with van der Waals surface area (Å²) < 4.78 is 10.3. The summed E-state index contributed by atoms with van der Waals surface area (Å²) in [5, 5.41) is 16.7. The summed E-state index contributed by atoms with van der Waals surface area (Å²) in [6, 6.07) is 5.23. The number of phenols is 1. The molecule has 0 atom stereocenters. The van der Waals surface area contributed by atoms with Gasteiger partial charge in [-0.3, -0.25) is 4.79 Å². The van der Waals surface area contributed by atoms with Gasteiger partial charge in [0, 0.05) is 29.7 Å². The predicted octanol–water partition coefficient (Wildman–Crippen LogP) is 2.81. The Balaban J connectivity index is 1.44. The molecule has 0 aliphatic heterocycles. The number of phenolic OH excluding ortho intramolecular Hbond substituents is 1. The molecule has 28 heavy (non-hydrogen) atoms. The van der Waals surface area contributed by atoms with E-state index in [1.54, 1.807) is 12.1 Å². The van der Waals surface area contributed by atoms with Gasteiger partial charge in [-0.15, -0.1) is 0 Å². The van der Waals surface area contributed by atoms with Gasteiger partial charge < -0.3 is 19.7 Å². The highest BCUT2D eigenvalue weighted by atomic mass is 16.5. The van der Waals surface area contributed by atoms with E-state index in [1.165, 1.54) is 7.11 Å². The molecule has 0 spiro atoms. The maximum absolute atomic E-state index is 12.4. The molecule has 7 nitrogen and oxygen atoms in total. The number of nitrogens with one attached hydrogen (secondary N) is 1. The van der Waals surface area contributed by atoms with E-state index in [0.29, 0.717) is 30.5 Å². The molecule has 1 amide bonds. The van der Waals surface area contributed by atoms with Gasteiger partial charge in [0.25, 0.3) is 0 Å². The molecule has 1 aromatic heterocycles. The molecule has 0 bridgehead atoms. The molecule has 4 rings (SSSR count). The number of aryl methyl sites for hydroxylation is 2. The fraction of sp³-hybridized carbons (Fsp3) is 0.381. The minimum absolute atomic E-state index is 0.142. The normalized spacial score (nSPS) is 15.2. The van der Waals surface area contributed by atoms with Gasteiger partial charge in [0.05, 0.1) is 18.4 Å². The number of allylic oxidation sites excluding steroid dienone is 1. The van der Waals surface area contributed by atoms with E-state index >= 15 is 0 Å². The standard InChI is InChI=1S/C21H22N2O5/c1-27-21(26)16-3-2-4-17(16)22-19(25)10-9-18-15-7-5-12-11-13(24)6-8-14(12)20(15)28-23-18/h6,8,11,24H,2-5,7,9-10H2,1H3,(H,22,25). The molecule has 1 heterocycles. The van der Waals surface area contributed by atoms with E-state index in [9.17, 15) is 14.7 Å². The number of aromatic nitrogens is 1. The number of fused-ring (bicyclic) bond motifs is 3. The lowest BCUT2D eigenvalue weighted by molar-refractivity contribution is -0.136. The molecule has 0 saturated carbocycles. The number of aromatic hydroxyl groups is 1. The van der Waals surface area contributed by atoms with Crippen molar-refractivity contribution in [3.63, 3.8) is 0 Å². The zero-order chi connectivity index (χ0) is 19.7. The molecule has 1 aromatic carbocycles. The Morgan fingerprint density at radius 3 is 2.93 bits per heavy atom. The lowest BCUT2D eigenvalue weighted by Crippen LogP contribution is -2.24. The lowest BCUT2D eigenvalue weighted by Gasteiger charge is -2.15. The highest BCUT2D eigenvalue weighted by Crippen LogP contribution is 2.37. The number of methoxy groups -OCH3 is 1. The molecule has 2 aliphatic carbocycles. The van der Waals surface area contributed by atoms with Gasteiger partial charge in [0.15, 0.2) is 5.76 Å². The highest BCUT2D eigenvalue weighted by Gasteiger charge is 2.26. The van der Waals surface area contributed by atoms with Crippen LogP contribution in [-0.2, 0) is 33.6 Å². The highest BCUT2D eigenvalue weighted by molar-refractivity contribution is 5.91. The first-order valence-electron chi connectivity index (χ1n) is 9.46. The number of amides is 1. The Morgan fingerprint density at radius 2 is 2.11 bits per heavy atom. The van der Waals surface area contributed by atoms with E-state index in [0.717, 1.165) is 47.4 Å². The van der Waals surface area contributed by atoms with Crippen molar-refractivity contribution in [3.05, 3.63) is 46.3 Å². The molecule has 146 valence electrons. The number of benzene rings is 1. The summed E-state index contributed by atoms with van der Waals surface area (Å²) in [4.78, 5) is 24.1. The van der Waals surface area contributed by atoms with E-state index in [-0.39, 0.29) is 24.0 Å². The maximum Gasteiger partial charge on any atom is 0.335 e. The molecule has 0 saturated heterocycles. The number of nitrogens with zero attached hydrogens (tertiary/aromatic N) is 1. The second-order valence-electron chi connectivity index (χ2n) is 7.13. The second-order valence-corrected chi connectivity index (χ2v) is 7.13. The van der Waals surface area contributed by atoms with Crippen LogP contribution in [0.4, 0.5) is 0 Å². The van der Waals surface area contributed by atoms with Crippen molar-refractivity contribution in [1.29, 1.82) is 0 Å². The summed E-state index contributed by atoms with van der Waals surface area (Å²) in [7, 11) is 1.35. The van der Waals surface area contributed by atoms with Crippen LogP contribution in [0, 0.1) is 0 Å². The van der Waals surface area contributed by atoms with Crippen LogP contribution in [0.15, 0.2) is 34.0 Å². The summed E-state index contributed by atoms with van der Waals surface area (Å²) in [5.74, 6) is 0.452. The van der Waals surface area contributed by atoms with Crippen molar-refractivity contribution in [1.82, 2.24) is 10.5 Å². The molecule has 2 aromatic rings. The van der Waals surface area contributed by atoms with Crippen LogP contribution >= 0.6 is 0 Å². The summed E-state index contributed by atoms with van der Waals surface area (Å²) in [5.41, 5.74) is 5.04. The lowest BCUT2D eigenvalue weighted by atomic mass is 9.89. The first-order valence-corrected chi connectivity index (χ1v) is 9.46. The SMILES string of the molecule is COC(=O)C1=C(NC(=O)CCc2noc3c2CCc2cc(O)ccc2-3)CCC1. The van der Waals surface area contributed by atoms with E-state index in [4.69, 9.17) is 9.26 Å². The van der Waals surface area contributed by atoms with Gasteiger partial charge in [0.2, 0.25) is 5.91 Å². The largest absolute Gasteiger partial charge is 0.508 e. The molecule has 0 radical (unpaired) electrons. The number of carbonyl (C=O) groups is 2. The van der Waals surface area contributed by atoms with Crippen LogP contribution in [0.5, 0.6) is 5.75 Å². The van der Waals surface area contributed by atoms with Gasteiger partial charge in [-0.05, 0) is 55.9 Å². The number of ether oxygens (including phenoxy) is 1. The van der Waals surface area contributed by atoms with E-state index in [2.05, 4.69) is 10.5 Å². The first-order chi connectivity index (χ1) is 13.6. The average molecular weight is 382 g/mol. The number of esters is 1. The van der Waals surface area contributed by atoms with Gasteiger partial charge in [-0.2, -0.15) is 0 Å². The van der Waals surface area contributed by atoms with Crippen LogP contribution in [0.1, 0.15) is 42.5 Å². The van der Waals surface area contributed by atoms with Gasteiger partial charge in [0.1, 0.15) is 5.75 Å². The van der Waals surface area contributed by atoms with Crippen molar-refractivity contribution >= 4 is 11.9 Å². The summed E-state index contributed by atoms with van der Waals surface area (Å²) in [6.07, 6.45) is 4.45. The monoisotopic (exact) mass is 382 g/mol. The number of hydrogen-bond donors (Lipinski definition) is 2. The zero-order valence-electron chi connectivity index (χ0n) is 15.7. The Hall–Kier alpha value is -3.09. The van der Waals surface area contributed by atoms with E-state index < -0.39 is 0 Å². The van der Waals surface area contributed by atoms with Crippen LogP contribution in [0.2, 0.25) is 0 Å². The van der Waals surface area contributed by atoms with Crippen molar-refractivity contribution in [2.45, 2.75) is 44.9 Å². The Kier molecular flexibility index (Phi) is 4.90. The smallest absolute Gasteiger partial charge is 0.335 e. The summed E-state index contributed by atoms with van der Waals surface area (Å²) in [6.45, 7) is 0. The molecule has 7 heteroatoms. The van der Waals surface area contributed by atoms with E-state index in [1.807, 2.05) is 6.07 Å². The zero-order valence-corrected chi connectivity index (χ0v) is 15.7.